The Kier molecular flexibility index (Phi) is 9.64. The van der Waals surface area contributed by atoms with Crippen molar-refractivity contribution in [2.45, 2.75) is 6.42 Å². The van der Waals surface area contributed by atoms with Crippen LogP contribution in [0.15, 0.2) is 84.9 Å². The zero-order valence-corrected chi connectivity index (χ0v) is 19.4. The number of rotatable bonds is 6. The first-order valence-corrected chi connectivity index (χ1v) is 10.8. The predicted molar refractivity (Wildman–Crippen MR) is 125 cm³/mol. The second-order valence-corrected chi connectivity index (χ2v) is 7.60. The molecule has 38 heavy (non-hydrogen) atoms. The lowest BCUT2D eigenvalue weighted by atomic mass is 10.0. The molecule has 10 heteroatoms. The first-order chi connectivity index (χ1) is 18.2. The van der Waals surface area contributed by atoms with E-state index in [1.54, 1.807) is 48.5 Å². The number of hydrogen-bond donors (Lipinski definition) is 0. The van der Waals surface area contributed by atoms with Gasteiger partial charge in [0.25, 0.3) is 0 Å². The van der Waals surface area contributed by atoms with Crippen LogP contribution in [-0.2, 0) is 6.42 Å². The Morgan fingerprint density at radius 3 is 1.18 bits per heavy atom. The Hall–Kier alpha value is -4.60. The molecular weight excluding hydrogens is 514 g/mol. The third-order valence-corrected chi connectivity index (χ3v) is 4.99. The van der Waals surface area contributed by atoms with Gasteiger partial charge in [0.1, 0.15) is 11.5 Å². The van der Waals surface area contributed by atoms with Gasteiger partial charge in [-0.2, -0.15) is 0 Å². The van der Waals surface area contributed by atoms with Crippen molar-refractivity contribution in [1.82, 2.24) is 0 Å². The summed E-state index contributed by atoms with van der Waals surface area (Å²) >= 11 is 0. The molecule has 0 bridgehead atoms. The highest BCUT2D eigenvalue weighted by atomic mass is 19.3. The van der Waals surface area contributed by atoms with Crippen LogP contribution >= 0.6 is 0 Å². The molecule has 4 rings (SSSR count). The standard InChI is InChI=1S/C27H16F4O4.CH2F2/c28-22-11-9-20(14-24(22)30)34-26(32)18-5-1-16(2-6-18)13-17-3-7-19(8-4-17)27(33)35-21-10-12-23(29)25(31)15-21;2-1-3/h1-12,14-15H,13H2;1H2. The van der Waals surface area contributed by atoms with E-state index in [-0.39, 0.29) is 22.6 Å². The zero-order chi connectivity index (χ0) is 27.7. The summed E-state index contributed by atoms with van der Waals surface area (Å²) in [6.45, 7) is -1.75. The molecule has 4 nitrogen and oxygen atoms in total. The Morgan fingerprint density at radius 2 is 0.868 bits per heavy atom. The van der Waals surface area contributed by atoms with Crippen LogP contribution in [0.25, 0.3) is 0 Å². The highest BCUT2D eigenvalue weighted by molar-refractivity contribution is 5.91. The molecule has 4 aromatic rings. The van der Waals surface area contributed by atoms with E-state index in [4.69, 9.17) is 9.47 Å². The monoisotopic (exact) mass is 532 g/mol. The molecule has 0 amide bonds. The van der Waals surface area contributed by atoms with Gasteiger partial charge in [0.2, 0.25) is 6.93 Å². The van der Waals surface area contributed by atoms with E-state index < -0.39 is 42.1 Å². The van der Waals surface area contributed by atoms with Crippen molar-refractivity contribution in [3.8, 4) is 11.5 Å². The molecule has 4 aromatic carbocycles. The molecule has 0 aliphatic carbocycles. The predicted octanol–water partition coefficient (Wildman–Crippen LogP) is 7.16. The normalized spacial score (nSPS) is 10.3. The number of alkyl halides is 2. The molecule has 0 atom stereocenters. The largest absolute Gasteiger partial charge is 0.423 e. The number of benzene rings is 4. The van der Waals surface area contributed by atoms with Crippen LogP contribution in [0.4, 0.5) is 26.3 Å². The second kappa shape index (κ2) is 13.1. The average Bonchev–Trinajstić information content (AvgIpc) is 2.90. The minimum atomic E-state index is -1.75. The highest BCUT2D eigenvalue weighted by Crippen LogP contribution is 2.19. The van der Waals surface area contributed by atoms with Crippen LogP contribution in [0.3, 0.4) is 0 Å². The lowest BCUT2D eigenvalue weighted by Gasteiger charge is -2.07. The number of halogens is 6. The molecule has 0 saturated carbocycles. The van der Waals surface area contributed by atoms with Crippen molar-refractivity contribution in [3.05, 3.63) is 130 Å². The van der Waals surface area contributed by atoms with E-state index >= 15 is 0 Å². The first kappa shape index (κ1) is 28.0. The molecule has 196 valence electrons. The van der Waals surface area contributed by atoms with Gasteiger partial charge in [-0.25, -0.2) is 35.9 Å². The van der Waals surface area contributed by atoms with Gasteiger partial charge in [-0.1, -0.05) is 24.3 Å². The fourth-order valence-electron chi connectivity index (χ4n) is 3.17. The summed E-state index contributed by atoms with van der Waals surface area (Å²) in [7, 11) is 0. The van der Waals surface area contributed by atoms with Crippen molar-refractivity contribution >= 4 is 11.9 Å². The van der Waals surface area contributed by atoms with E-state index in [1.807, 2.05) is 0 Å². The summed E-state index contributed by atoms with van der Waals surface area (Å²) in [5.74, 6) is -5.96. The summed E-state index contributed by atoms with van der Waals surface area (Å²) < 4.78 is 81.9. The van der Waals surface area contributed by atoms with Crippen LogP contribution in [-0.4, -0.2) is 18.9 Å². The molecule has 0 radical (unpaired) electrons. The van der Waals surface area contributed by atoms with Gasteiger partial charge in [0.05, 0.1) is 11.1 Å². The summed E-state index contributed by atoms with van der Waals surface area (Å²) in [6.07, 6.45) is 0.497. The summed E-state index contributed by atoms with van der Waals surface area (Å²) in [5.41, 5.74) is 2.19. The van der Waals surface area contributed by atoms with Gasteiger partial charge in [0, 0.05) is 12.1 Å². The maximum Gasteiger partial charge on any atom is 0.343 e. The van der Waals surface area contributed by atoms with Gasteiger partial charge in [-0.05, 0) is 66.1 Å². The van der Waals surface area contributed by atoms with Crippen molar-refractivity contribution in [3.63, 3.8) is 0 Å². The van der Waals surface area contributed by atoms with Crippen molar-refractivity contribution < 1.29 is 45.4 Å². The zero-order valence-electron chi connectivity index (χ0n) is 19.4. The summed E-state index contributed by atoms with van der Waals surface area (Å²) in [5, 5.41) is 0. The molecule has 0 aliphatic heterocycles. The molecule has 0 aromatic heterocycles. The van der Waals surface area contributed by atoms with E-state index in [0.717, 1.165) is 47.5 Å². The van der Waals surface area contributed by atoms with E-state index in [0.29, 0.717) is 6.42 Å². The smallest absolute Gasteiger partial charge is 0.343 e. The molecular formula is C28H18F6O4. The molecule has 0 unspecified atom stereocenters. The van der Waals surface area contributed by atoms with Gasteiger partial charge < -0.3 is 9.47 Å². The number of carbonyl (C=O) groups excluding carboxylic acids is 2. The summed E-state index contributed by atoms with van der Waals surface area (Å²) in [6, 6.07) is 18.7. The van der Waals surface area contributed by atoms with E-state index in [9.17, 15) is 35.9 Å². The van der Waals surface area contributed by atoms with Gasteiger partial charge in [0.15, 0.2) is 23.3 Å². The third-order valence-electron chi connectivity index (χ3n) is 4.99. The molecule has 0 aliphatic rings. The maximum atomic E-state index is 13.3. The average molecular weight is 532 g/mol. The topological polar surface area (TPSA) is 52.6 Å². The molecule has 0 heterocycles. The van der Waals surface area contributed by atoms with Crippen LogP contribution in [0.1, 0.15) is 31.8 Å². The fourth-order valence-corrected chi connectivity index (χ4v) is 3.17. The molecule has 0 saturated heterocycles. The van der Waals surface area contributed by atoms with Crippen LogP contribution in [0.2, 0.25) is 0 Å². The van der Waals surface area contributed by atoms with Gasteiger partial charge in [-0.15, -0.1) is 0 Å². The minimum absolute atomic E-state index is 0.110. The molecule has 0 N–H and O–H groups in total. The van der Waals surface area contributed by atoms with Crippen molar-refractivity contribution in [2.24, 2.45) is 0 Å². The first-order valence-electron chi connectivity index (χ1n) is 10.8. The Bertz CT molecular complexity index is 1300. The van der Waals surface area contributed by atoms with Crippen LogP contribution < -0.4 is 9.47 Å². The number of hydrogen-bond acceptors (Lipinski definition) is 4. The SMILES string of the molecule is FCF.O=C(Oc1ccc(F)c(F)c1)c1ccc(Cc2ccc(C(=O)Oc3ccc(F)c(F)c3)cc2)cc1. The molecule has 0 fully saturated rings. The number of ether oxygens (including phenoxy) is 2. The number of esters is 2. The number of carbonyl (C=O) groups is 2. The van der Waals surface area contributed by atoms with Crippen molar-refractivity contribution in [1.29, 1.82) is 0 Å². The Balaban J connectivity index is 0.00000127. The maximum absolute atomic E-state index is 13.3. The Morgan fingerprint density at radius 1 is 0.526 bits per heavy atom. The van der Waals surface area contributed by atoms with E-state index in [1.165, 1.54) is 0 Å². The second-order valence-electron chi connectivity index (χ2n) is 7.60. The lowest BCUT2D eigenvalue weighted by Crippen LogP contribution is -2.09. The fraction of sp³-hybridized carbons (Fsp3) is 0.0714. The highest BCUT2D eigenvalue weighted by Gasteiger charge is 2.13. The van der Waals surface area contributed by atoms with Crippen molar-refractivity contribution in [2.75, 3.05) is 6.93 Å². The van der Waals surface area contributed by atoms with E-state index in [2.05, 4.69) is 0 Å². The minimum Gasteiger partial charge on any atom is -0.423 e. The van der Waals surface area contributed by atoms with Crippen LogP contribution in [0.5, 0.6) is 11.5 Å². The quantitative estimate of drug-likeness (QED) is 0.150. The van der Waals surface area contributed by atoms with Gasteiger partial charge >= 0.3 is 11.9 Å². The van der Waals surface area contributed by atoms with Crippen LogP contribution in [0, 0.1) is 23.3 Å². The summed E-state index contributed by atoms with van der Waals surface area (Å²) in [4.78, 5) is 24.5. The molecule has 0 spiro atoms. The Labute approximate surface area is 213 Å². The lowest BCUT2D eigenvalue weighted by molar-refractivity contribution is 0.0724. The van der Waals surface area contributed by atoms with Gasteiger partial charge in [-0.3, -0.25) is 0 Å². The third kappa shape index (κ3) is 7.70.